The Morgan fingerprint density at radius 3 is 2.48 bits per heavy atom. The molecule has 2 saturated carbocycles. The van der Waals surface area contributed by atoms with Gasteiger partial charge in [-0.3, -0.25) is 24.1 Å². The summed E-state index contributed by atoms with van der Waals surface area (Å²) in [5, 5.41) is 13.4. The number of anilines is 2. The lowest BCUT2D eigenvalue weighted by atomic mass is 9.68. The lowest BCUT2D eigenvalue weighted by Crippen LogP contribution is -2.42. The number of nitrogens with zero attached hydrogens (tertiary/aromatic N) is 1. The average molecular weight is 678 g/mol. The largest absolute Gasteiger partial charge is 0.508 e. The van der Waals surface area contributed by atoms with Gasteiger partial charge in [-0.15, -0.1) is 11.8 Å². The van der Waals surface area contributed by atoms with E-state index in [-0.39, 0.29) is 58.0 Å². The fourth-order valence-corrected chi connectivity index (χ4v) is 11.0. The van der Waals surface area contributed by atoms with E-state index in [0.29, 0.717) is 34.1 Å². The molecule has 4 aliphatic rings. The highest BCUT2D eigenvalue weighted by Gasteiger charge is 2.69. The normalized spacial score (nSPS) is 27.3. The zero-order valence-corrected chi connectivity index (χ0v) is 26.2. The Bertz CT molecular complexity index is 1970. The number of nitrogens with one attached hydrogen (secondary N) is 2. The van der Waals surface area contributed by atoms with E-state index in [0.717, 1.165) is 21.2 Å². The SMILES string of the molecule is O=C(COc1ccc(Cl)cc1[C@H]1c2sc(=O)[nH]c2SC2C3CC(C4C(=O)N(c5ccc(F)cc5)C(=O)C34)C21)Nc1ccc(O)cc1. The Hall–Kier alpha value is -4.13. The minimum Gasteiger partial charge on any atom is -0.508 e. The predicted molar refractivity (Wildman–Crippen MR) is 171 cm³/mol. The highest BCUT2D eigenvalue weighted by Crippen LogP contribution is 2.69. The number of rotatable bonds is 6. The number of imide groups is 1. The van der Waals surface area contributed by atoms with E-state index in [1.165, 1.54) is 41.3 Å². The van der Waals surface area contributed by atoms with E-state index < -0.39 is 23.6 Å². The molecule has 3 heterocycles. The number of thiazole rings is 1. The number of halogens is 2. The van der Waals surface area contributed by atoms with E-state index in [2.05, 4.69) is 10.3 Å². The van der Waals surface area contributed by atoms with Gasteiger partial charge in [-0.05, 0) is 90.9 Å². The quantitative estimate of drug-likeness (QED) is 0.178. The van der Waals surface area contributed by atoms with Crippen LogP contribution in [-0.4, -0.2) is 39.7 Å². The van der Waals surface area contributed by atoms with Crippen LogP contribution in [0.15, 0.2) is 76.6 Å². The Kier molecular flexibility index (Phi) is 7.00. The number of aromatic amines is 1. The van der Waals surface area contributed by atoms with Gasteiger partial charge in [-0.25, -0.2) is 4.39 Å². The summed E-state index contributed by atoms with van der Waals surface area (Å²) in [4.78, 5) is 58.1. The Morgan fingerprint density at radius 2 is 1.74 bits per heavy atom. The number of thioether (sulfide) groups is 1. The van der Waals surface area contributed by atoms with Gasteiger partial charge < -0.3 is 20.1 Å². The first-order chi connectivity index (χ1) is 22.2. The second-order valence-corrected chi connectivity index (χ2v) is 14.7. The molecule has 6 unspecified atom stereocenters. The van der Waals surface area contributed by atoms with Gasteiger partial charge in [0.15, 0.2) is 6.61 Å². The second-order valence-electron chi connectivity index (χ2n) is 12.0. The summed E-state index contributed by atoms with van der Waals surface area (Å²) in [6, 6.07) is 16.6. The molecule has 2 aliphatic heterocycles. The number of benzene rings is 3. The van der Waals surface area contributed by atoms with E-state index in [1.54, 1.807) is 42.1 Å². The average Bonchev–Trinajstić information content (AvgIpc) is 3.77. The van der Waals surface area contributed by atoms with Crippen LogP contribution in [0.2, 0.25) is 5.02 Å². The molecule has 8 rings (SSSR count). The molecule has 1 saturated heterocycles. The summed E-state index contributed by atoms with van der Waals surface area (Å²) in [6.45, 7) is -0.308. The van der Waals surface area contributed by atoms with Crippen molar-refractivity contribution in [2.75, 3.05) is 16.8 Å². The van der Waals surface area contributed by atoms with Crippen LogP contribution in [0.3, 0.4) is 0 Å². The summed E-state index contributed by atoms with van der Waals surface area (Å²) >= 11 is 9.21. The summed E-state index contributed by atoms with van der Waals surface area (Å²) in [7, 11) is 0. The van der Waals surface area contributed by atoms with Gasteiger partial charge in [0.25, 0.3) is 5.91 Å². The third-order valence-electron chi connectivity index (χ3n) is 9.63. The van der Waals surface area contributed by atoms with Gasteiger partial charge in [0.1, 0.15) is 17.3 Å². The third-order valence-corrected chi connectivity index (χ3v) is 12.4. The highest BCUT2D eigenvalue weighted by molar-refractivity contribution is 8.00. The number of ether oxygens (including phenoxy) is 1. The van der Waals surface area contributed by atoms with Crippen molar-refractivity contribution in [3.05, 3.63) is 97.7 Å². The second kappa shape index (κ2) is 11.0. The molecule has 1 aromatic heterocycles. The topological polar surface area (TPSA) is 129 Å². The fraction of sp³-hybridized carbons (Fsp3) is 0.273. The van der Waals surface area contributed by atoms with E-state index in [9.17, 15) is 28.7 Å². The number of phenols is 1. The monoisotopic (exact) mass is 677 g/mol. The predicted octanol–water partition coefficient (Wildman–Crippen LogP) is 5.63. The smallest absolute Gasteiger partial charge is 0.305 e. The molecule has 0 radical (unpaired) electrons. The first kappa shape index (κ1) is 29.3. The molecule has 0 spiro atoms. The molecule has 3 aromatic carbocycles. The lowest BCUT2D eigenvalue weighted by molar-refractivity contribution is -0.123. The van der Waals surface area contributed by atoms with Gasteiger partial charge in [-0.2, -0.15) is 0 Å². The van der Waals surface area contributed by atoms with Crippen LogP contribution in [0.5, 0.6) is 11.5 Å². The number of hydrogen-bond donors (Lipinski definition) is 3. The number of H-pyrrole nitrogens is 1. The maximum atomic E-state index is 14.0. The molecule has 4 aromatic rings. The molecule has 13 heteroatoms. The van der Waals surface area contributed by atoms with Gasteiger partial charge in [0.05, 0.1) is 22.5 Å². The number of carbonyl (C=O) groups is 3. The van der Waals surface area contributed by atoms with Crippen molar-refractivity contribution < 1.29 is 28.6 Å². The molecule has 2 bridgehead atoms. The number of aromatic hydroxyl groups is 1. The fourth-order valence-electron chi connectivity index (χ4n) is 7.99. The maximum Gasteiger partial charge on any atom is 0.305 e. The van der Waals surface area contributed by atoms with Gasteiger partial charge in [0, 0.05) is 32.3 Å². The van der Waals surface area contributed by atoms with Gasteiger partial charge in [-0.1, -0.05) is 22.9 Å². The minimum absolute atomic E-state index is 0.0662. The molecule has 9 nitrogen and oxygen atoms in total. The first-order valence-corrected chi connectivity index (χ1v) is 16.8. The maximum absolute atomic E-state index is 14.0. The van der Waals surface area contributed by atoms with Crippen LogP contribution in [0.1, 0.15) is 22.8 Å². The molecular weight excluding hydrogens is 653 g/mol. The zero-order chi connectivity index (χ0) is 31.9. The summed E-state index contributed by atoms with van der Waals surface area (Å²) in [5.74, 6) is -2.70. The van der Waals surface area contributed by atoms with Crippen molar-refractivity contribution in [1.82, 2.24) is 4.98 Å². The molecule has 3 fully saturated rings. The van der Waals surface area contributed by atoms with E-state index in [4.69, 9.17) is 16.3 Å². The number of phenolic OH excluding ortho intramolecular Hbond substituents is 1. The van der Waals surface area contributed by atoms with Crippen molar-refractivity contribution in [1.29, 1.82) is 0 Å². The molecule has 3 N–H and O–H groups in total. The number of carbonyl (C=O) groups excluding carboxylic acids is 3. The van der Waals surface area contributed by atoms with Crippen LogP contribution < -0.4 is 19.8 Å². The summed E-state index contributed by atoms with van der Waals surface area (Å²) < 4.78 is 19.8. The lowest BCUT2D eigenvalue weighted by Gasteiger charge is -2.43. The number of hydrogen-bond acceptors (Lipinski definition) is 8. The van der Waals surface area contributed by atoms with Crippen molar-refractivity contribution in [3.8, 4) is 11.5 Å². The molecule has 3 amide bonds. The Morgan fingerprint density at radius 1 is 1.02 bits per heavy atom. The summed E-state index contributed by atoms with van der Waals surface area (Å²) in [6.07, 6.45) is 0.688. The molecule has 7 atom stereocenters. The highest BCUT2D eigenvalue weighted by atomic mass is 35.5. The molecular formula is C33H25ClFN3O6S2. The number of fused-ring (bicyclic) bond motifs is 9. The zero-order valence-electron chi connectivity index (χ0n) is 23.8. The molecule has 2 aliphatic carbocycles. The minimum atomic E-state index is -0.538. The Labute approximate surface area is 274 Å². The van der Waals surface area contributed by atoms with Crippen LogP contribution in [0.4, 0.5) is 15.8 Å². The van der Waals surface area contributed by atoms with Crippen LogP contribution in [-0.2, 0) is 14.4 Å². The molecule has 234 valence electrons. The van der Waals surface area contributed by atoms with Crippen molar-refractivity contribution >= 4 is 63.8 Å². The van der Waals surface area contributed by atoms with E-state index in [1.807, 2.05) is 0 Å². The van der Waals surface area contributed by atoms with Crippen LogP contribution in [0.25, 0.3) is 0 Å². The van der Waals surface area contributed by atoms with Crippen LogP contribution >= 0.6 is 34.7 Å². The number of aromatic nitrogens is 1. The summed E-state index contributed by atoms with van der Waals surface area (Å²) in [5.41, 5.74) is 1.56. The van der Waals surface area contributed by atoms with Crippen molar-refractivity contribution in [3.63, 3.8) is 0 Å². The third kappa shape index (κ3) is 4.65. The van der Waals surface area contributed by atoms with Crippen molar-refractivity contribution in [2.24, 2.45) is 29.6 Å². The van der Waals surface area contributed by atoms with E-state index >= 15 is 0 Å². The standard InChI is InChI=1S/C33H25ClFN3O6S2/c34-14-1-10-22(44-13-23(40)36-16-4-8-18(39)9-5-16)19(11-14)24-25-20-12-21(28(25)45-30-29(24)46-33(43)37-30)27-26(20)31(41)38(32(27)42)17-6-2-15(35)3-7-17/h1-11,20-21,24-28,39H,12-13H2,(H,36,40)(H,37,43)/t20?,21?,24-,25?,26?,27?,28?/m1/s1. The number of amides is 3. The van der Waals surface area contributed by atoms with Gasteiger partial charge >= 0.3 is 4.87 Å². The first-order valence-electron chi connectivity index (χ1n) is 14.7. The van der Waals surface area contributed by atoms with Crippen LogP contribution in [0, 0.1) is 35.4 Å². The molecule has 46 heavy (non-hydrogen) atoms. The van der Waals surface area contributed by atoms with Crippen molar-refractivity contribution in [2.45, 2.75) is 22.6 Å². The van der Waals surface area contributed by atoms with Gasteiger partial charge in [0.2, 0.25) is 11.8 Å². The Balaban J connectivity index is 1.14.